The number of methoxy groups -OCH3 is 2. The average molecular weight is 579 g/mol. The zero-order valence-electron chi connectivity index (χ0n) is 27.9. The lowest BCUT2D eigenvalue weighted by atomic mass is 9.58. The van der Waals surface area contributed by atoms with Crippen LogP contribution >= 0.6 is 0 Å². The standard InChI is InChI=1S/C27H33NO.C6H15N.C4H10O2/c1-19-5-7-22-16-23-11-12-25(2)21(8-6-20-4-3-15-28-18-20)9-10-24(25)27(23)14-13-26(22,17-19)29-27;1-6(2,3)7(4)5;1-5-3-4-6-2/h3-4,11,15-16,18,21,24H,1,5-10,12-14,17H2,2H3;1-5H3;3-4H2,1-2H3/t21-,24+,25+,26?,27+;;/m0../s1. The van der Waals surface area contributed by atoms with Gasteiger partial charge in [0.15, 0.2) is 0 Å². The summed E-state index contributed by atoms with van der Waals surface area (Å²) in [6, 6.07) is 4.30. The highest BCUT2D eigenvalue weighted by molar-refractivity contribution is 5.48. The van der Waals surface area contributed by atoms with Gasteiger partial charge in [-0.05, 0) is 133 Å². The molecule has 3 aliphatic carbocycles. The first kappa shape index (κ1) is 33.1. The fourth-order valence-corrected chi connectivity index (χ4v) is 7.97. The molecule has 0 amide bonds. The third kappa shape index (κ3) is 6.80. The molecule has 1 saturated heterocycles. The summed E-state index contributed by atoms with van der Waals surface area (Å²) in [5, 5.41) is 0. The SMILES string of the molecule is C=C1CCC2=CC3=CC[C@]4(C)[C@@H](CCc5cccnc5)CC[C@H]4[C@@]34CCC2(C1)O4.CN(C)C(C)(C)C.COCCOC. The molecule has 5 atom stereocenters. The predicted octanol–water partition coefficient (Wildman–Crippen LogP) is 7.97. The molecule has 3 fully saturated rings. The summed E-state index contributed by atoms with van der Waals surface area (Å²) in [6.45, 7) is 14.9. The van der Waals surface area contributed by atoms with Crippen LogP contribution in [-0.4, -0.2) is 68.2 Å². The molecule has 0 radical (unpaired) electrons. The third-order valence-electron chi connectivity index (χ3n) is 11.2. The highest BCUT2D eigenvalue weighted by Crippen LogP contribution is 2.68. The van der Waals surface area contributed by atoms with E-state index < -0.39 is 0 Å². The van der Waals surface area contributed by atoms with Crippen LogP contribution in [0.5, 0.6) is 0 Å². The number of pyridine rings is 1. The Morgan fingerprint density at radius 2 is 1.81 bits per heavy atom. The number of hydrogen-bond acceptors (Lipinski definition) is 5. The van der Waals surface area contributed by atoms with E-state index in [-0.39, 0.29) is 11.2 Å². The Hall–Kier alpha value is -1.79. The molecule has 1 unspecified atom stereocenters. The van der Waals surface area contributed by atoms with E-state index in [4.69, 9.17) is 4.74 Å². The van der Waals surface area contributed by atoms with Crippen LogP contribution in [0.15, 0.2) is 60.0 Å². The second kappa shape index (κ2) is 13.5. The van der Waals surface area contributed by atoms with E-state index >= 15 is 0 Å². The Morgan fingerprint density at radius 3 is 2.43 bits per heavy atom. The molecule has 234 valence electrons. The van der Waals surface area contributed by atoms with Gasteiger partial charge in [-0.1, -0.05) is 37.3 Å². The monoisotopic (exact) mass is 578 g/mol. The lowest BCUT2D eigenvalue weighted by Gasteiger charge is -2.54. The molecule has 42 heavy (non-hydrogen) atoms. The Labute approximate surface area is 256 Å². The molecule has 2 spiro atoms. The van der Waals surface area contributed by atoms with Crippen LogP contribution in [0.2, 0.25) is 0 Å². The van der Waals surface area contributed by atoms with Crippen LogP contribution < -0.4 is 0 Å². The van der Waals surface area contributed by atoms with Crippen LogP contribution in [0.1, 0.15) is 91.0 Å². The summed E-state index contributed by atoms with van der Waals surface area (Å²) in [5.41, 5.74) is 6.55. The van der Waals surface area contributed by atoms with E-state index in [2.05, 4.69) is 92.0 Å². The number of hydrogen-bond donors (Lipinski definition) is 0. The second-order valence-corrected chi connectivity index (χ2v) is 14.7. The average Bonchev–Trinajstić information content (AvgIpc) is 3.45. The molecular weight excluding hydrogens is 520 g/mol. The van der Waals surface area contributed by atoms with Gasteiger partial charge in [-0.3, -0.25) is 4.98 Å². The van der Waals surface area contributed by atoms with E-state index in [1.54, 1.807) is 19.8 Å². The minimum absolute atomic E-state index is 0.0152. The largest absolute Gasteiger partial charge is 0.382 e. The predicted molar refractivity (Wildman–Crippen MR) is 174 cm³/mol. The Bertz CT molecular complexity index is 1120. The van der Waals surface area contributed by atoms with Crippen LogP contribution in [0.4, 0.5) is 0 Å². The fraction of sp³-hybridized carbons (Fsp3) is 0.703. The van der Waals surface area contributed by atoms with Crippen molar-refractivity contribution < 1.29 is 14.2 Å². The molecule has 5 heteroatoms. The fourth-order valence-electron chi connectivity index (χ4n) is 7.97. The molecule has 1 aromatic heterocycles. The van der Waals surface area contributed by atoms with Crippen molar-refractivity contribution in [3.05, 3.63) is 65.5 Å². The zero-order chi connectivity index (χ0) is 30.6. The maximum absolute atomic E-state index is 7.23. The lowest BCUT2D eigenvalue weighted by molar-refractivity contribution is -0.132. The minimum atomic E-state index is -0.0167. The van der Waals surface area contributed by atoms with Crippen LogP contribution in [0, 0.1) is 17.3 Å². The molecule has 2 bridgehead atoms. The van der Waals surface area contributed by atoms with Gasteiger partial charge in [0.05, 0.1) is 24.4 Å². The summed E-state index contributed by atoms with van der Waals surface area (Å²) in [5.74, 6) is 1.45. The van der Waals surface area contributed by atoms with Gasteiger partial charge in [-0.25, -0.2) is 0 Å². The van der Waals surface area contributed by atoms with Crippen molar-refractivity contribution in [1.29, 1.82) is 0 Å². The van der Waals surface area contributed by atoms with Gasteiger partial charge < -0.3 is 19.1 Å². The number of aromatic nitrogens is 1. The zero-order valence-corrected chi connectivity index (χ0v) is 27.9. The van der Waals surface area contributed by atoms with E-state index in [1.165, 1.54) is 55.2 Å². The number of ether oxygens (including phenoxy) is 3. The van der Waals surface area contributed by atoms with Crippen molar-refractivity contribution in [3.8, 4) is 0 Å². The molecule has 2 saturated carbocycles. The van der Waals surface area contributed by atoms with Gasteiger partial charge in [0.25, 0.3) is 0 Å². The molecule has 2 aliphatic heterocycles. The Kier molecular flexibility index (Phi) is 10.6. The Morgan fingerprint density at radius 1 is 1.10 bits per heavy atom. The first-order valence-corrected chi connectivity index (χ1v) is 16.2. The van der Waals surface area contributed by atoms with Gasteiger partial charge in [0.1, 0.15) is 0 Å². The third-order valence-corrected chi connectivity index (χ3v) is 11.2. The number of rotatable bonds is 6. The quantitative estimate of drug-likeness (QED) is 0.253. The van der Waals surface area contributed by atoms with Crippen molar-refractivity contribution in [2.24, 2.45) is 17.3 Å². The number of aryl methyl sites for hydroxylation is 1. The van der Waals surface area contributed by atoms with Crippen molar-refractivity contribution in [1.82, 2.24) is 9.88 Å². The van der Waals surface area contributed by atoms with Gasteiger partial charge >= 0.3 is 0 Å². The maximum atomic E-state index is 7.23. The first-order chi connectivity index (χ1) is 19.9. The van der Waals surface area contributed by atoms with Crippen molar-refractivity contribution in [3.63, 3.8) is 0 Å². The highest BCUT2D eigenvalue weighted by atomic mass is 16.5. The summed E-state index contributed by atoms with van der Waals surface area (Å²) < 4.78 is 16.5. The minimum Gasteiger partial charge on any atom is -0.382 e. The highest BCUT2D eigenvalue weighted by Gasteiger charge is 2.65. The normalized spacial score (nSPS) is 32.8. The first-order valence-electron chi connectivity index (χ1n) is 16.2. The summed E-state index contributed by atoms with van der Waals surface area (Å²) in [6.07, 6.45) is 21.2. The van der Waals surface area contributed by atoms with Crippen molar-refractivity contribution in [2.45, 2.75) is 109 Å². The van der Waals surface area contributed by atoms with Crippen molar-refractivity contribution >= 4 is 0 Å². The maximum Gasteiger partial charge on any atom is 0.0975 e. The summed E-state index contributed by atoms with van der Waals surface area (Å²) >= 11 is 0. The van der Waals surface area contributed by atoms with Crippen LogP contribution in [-0.2, 0) is 20.6 Å². The molecule has 5 nitrogen and oxygen atoms in total. The molecule has 5 aliphatic rings. The van der Waals surface area contributed by atoms with E-state index in [1.807, 2.05) is 12.4 Å². The van der Waals surface area contributed by atoms with Gasteiger partial charge in [0.2, 0.25) is 0 Å². The van der Waals surface area contributed by atoms with Gasteiger partial charge in [0, 0.05) is 38.6 Å². The number of fused-ring (bicyclic) bond motifs is 1. The van der Waals surface area contributed by atoms with E-state index in [9.17, 15) is 0 Å². The second-order valence-electron chi connectivity index (χ2n) is 14.7. The number of nitrogens with zero attached hydrogens (tertiary/aromatic N) is 2. The van der Waals surface area contributed by atoms with E-state index in [0.29, 0.717) is 30.1 Å². The van der Waals surface area contributed by atoms with Crippen molar-refractivity contribution in [2.75, 3.05) is 41.5 Å². The molecule has 1 aromatic rings. The van der Waals surface area contributed by atoms with Gasteiger partial charge in [-0.15, -0.1) is 0 Å². The molecule has 6 rings (SSSR count). The Balaban J connectivity index is 0.000000263. The molecule has 0 N–H and O–H groups in total. The summed E-state index contributed by atoms with van der Waals surface area (Å²) in [7, 11) is 7.47. The molecular formula is C37H58N2O3. The molecule has 3 heterocycles. The summed E-state index contributed by atoms with van der Waals surface area (Å²) in [4.78, 5) is 6.50. The number of allylic oxidation sites excluding steroid dienone is 1. The topological polar surface area (TPSA) is 43.8 Å². The lowest BCUT2D eigenvalue weighted by Crippen LogP contribution is -2.53. The van der Waals surface area contributed by atoms with Gasteiger partial charge in [-0.2, -0.15) is 0 Å². The van der Waals surface area contributed by atoms with Crippen LogP contribution in [0.3, 0.4) is 0 Å². The van der Waals surface area contributed by atoms with Crippen LogP contribution in [0.25, 0.3) is 0 Å². The van der Waals surface area contributed by atoms with E-state index in [0.717, 1.165) is 31.6 Å². The smallest absolute Gasteiger partial charge is 0.0975 e. The molecule has 0 aromatic carbocycles.